The molecule has 0 saturated heterocycles. The number of hydrogen-bond acceptors (Lipinski definition) is 4. The molecule has 4 heterocycles. The van der Waals surface area contributed by atoms with Crippen molar-refractivity contribution in [2.75, 3.05) is 5.32 Å². The zero-order chi connectivity index (χ0) is 15.9. The fraction of sp³-hybridized carbons (Fsp3) is 0. The predicted molar refractivity (Wildman–Crippen MR) is 97.9 cm³/mol. The first-order valence-corrected chi connectivity index (χ1v) is 8.52. The molecule has 0 atom stereocenters. The molecule has 0 unspecified atom stereocenters. The van der Waals surface area contributed by atoms with Crippen LogP contribution < -0.4 is 5.32 Å². The van der Waals surface area contributed by atoms with E-state index in [1.165, 1.54) is 5.39 Å². The molecule has 0 saturated carbocycles. The van der Waals surface area contributed by atoms with Crippen LogP contribution >= 0.6 is 11.3 Å². The summed E-state index contributed by atoms with van der Waals surface area (Å²) in [6.07, 6.45) is 5.73. The minimum absolute atomic E-state index is 0.800. The second kappa shape index (κ2) is 5.21. The van der Waals surface area contributed by atoms with Crippen LogP contribution in [0.4, 0.5) is 11.5 Å². The summed E-state index contributed by atoms with van der Waals surface area (Å²) in [5.41, 5.74) is 5.17. The van der Waals surface area contributed by atoms with E-state index >= 15 is 0 Å². The molecule has 1 aromatic carbocycles. The maximum atomic E-state index is 4.74. The Balaban J connectivity index is 1.55. The van der Waals surface area contributed by atoms with Crippen LogP contribution in [0.25, 0.3) is 27.7 Å². The Bertz CT molecular complexity index is 1140. The number of aromatic nitrogens is 4. The number of nitrogens with zero attached hydrogens (tertiary/aromatic N) is 3. The summed E-state index contributed by atoms with van der Waals surface area (Å²) >= 11 is 1.67. The van der Waals surface area contributed by atoms with Crippen molar-refractivity contribution in [3.63, 3.8) is 0 Å². The number of fused-ring (bicyclic) bond motifs is 2. The van der Waals surface area contributed by atoms with E-state index in [0.717, 1.165) is 33.8 Å². The van der Waals surface area contributed by atoms with Crippen LogP contribution in [0.5, 0.6) is 0 Å². The molecule has 5 aromatic rings. The SMILES string of the molecule is c1cc2cc(Nc3ccn4ncc(-c5ccsc5)c4n3)ccc2[nH]1. The molecule has 0 amide bonds. The van der Waals surface area contributed by atoms with Gasteiger partial charge in [-0.25, -0.2) is 9.50 Å². The van der Waals surface area contributed by atoms with Crippen molar-refractivity contribution >= 4 is 39.4 Å². The third-order valence-corrected chi connectivity index (χ3v) is 4.71. The van der Waals surface area contributed by atoms with Crippen LogP contribution in [-0.2, 0) is 0 Å². The monoisotopic (exact) mass is 331 g/mol. The van der Waals surface area contributed by atoms with E-state index in [-0.39, 0.29) is 0 Å². The lowest BCUT2D eigenvalue weighted by Gasteiger charge is -2.06. The van der Waals surface area contributed by atoms with Crippen molar-refractivity contribution in [1.82, 2.24) is 19.6 Å². The molecule has 0 aliphatic rings. The highest BCUT2D eigenvalue weighted by atomic mass is 32.1. The van der Waals surface area contributed by atoms with Crippen LogP contribution in [0.2, 0.25) is 0 Å². The number of H-pyrrole nitrogens is 1. The molecule has 0 aliphatic carbocycles. The summed E-state index contributed by atoms with van der Waals surface area (Å²) in [7, 11) is 0. The number of nitrogens with one attached hydrogen (secondary N) is 2. The van der Waals surface area contributed by atoms with Crippen LogP contribution in [0, 0.1) is 0 Å². The van der Waals surface area contributed by atoms with Crippen molar-refractivity contribution in [1.29, 1.82) is 0 Å². The highest BCUT2D eigenvalue weighted by Crippen LogP contribution is 2.27. The average Bonchev–Trinajstić information content (AvgIpc) is 3.34. The van der Waals surface area contributed by atoms with Gasteiger partial charge in [-0.3, -0.25) is 0 Å². The smallest absolute Gasteiger partial charge is 0.165 e. The van der Waals surface area contributed by atoms with Crippen molar-refractivity contribution in [3.05, 3.63) is 65.7 Å². The van der Waals surface area contributed by atoms with Gasteiger partial charge in [0.15, 0.2) is 5.65 Å². The zero-order valence-electron chi connectivity index (χ0n) is 12.6. The van der Waals surface area contributed by atoms with Crippen molar-refractivity contribution < 1.29 is 0 Å². The molecule has 24 heavy (non-hydrogen) atoms. The zero-order valence-corrected chi connectivity index (χ0v) is 13.4. The second-order valence-corrected chi connectivity index (χ2v) is 6.34. The maximum absolute atomic E-state index is 4.74. The minimum Gasteiger partial charge on any atom is -0.361 e. The Morgan fingerprint density at radius 1 is 1.12 bits per heavy atom. The summed E-state index contributed by atoms with van der Waals surface area (Å²) in [5.74, 6) is 0.800. The van der Waals surface area contributed by atoms with Gasteiger partial charge in [0, 0.05) is 34.5 Å². The fourth-order valence-electron chi connectivity index (χ4n) is 2.84. The van der Waals surface area contributed by atoms with E-state index in [1.807, 2.05) is 30.7 Å². The van der Waals surface area contributed by atoms with Gasteiger partial charge in [0.2, 0.25) is 0 Å². The molecular weight excluding hydrogens is 318 g/mol. The Morgan fingerprint density at radius 2 is 2.12 bits per heavy atom. The van der Waals surface area contributed by atoms with E-state index in [9.17, 15) is 0 Å². The molecule has 0 aliphatic heterocycles. The Hall–Kier alpha value is -3.12. The topological polar surface area (TPSA) is 58.0 Å². The van der Waals surface area contributed by atoms with Gasteiger partial charge in [0.05, 0.1) is 6.20 Å². The van der Waals surface area contributed by atoms with Gasteiger partial charge in [-0.1, -0.05) is 0 Å². The van der Waals surface area contributed by atoms with Gasteiger partial charge < -0.3 is 10.3 Å². The number of thiophene rings is 1. The molecule has 4 aromatic heterocycles. The Morgan fingerprint density at radius 3 is 3.04 bits per heavy atom. The fourth-order valence-corrected chi connectivity index (χ4v) is 3.49. The van der Waals surface area contributed by atoms with Gasteiger partial charge >= 0.3 is 0 Å². The quantitative estimate of drug-likeness (QED) is 0.504. The van der Waals surface area contributed by atoms with E-state index in [0.29, 0.717) is 0 Å². The largest absolute Gasteiger partial charge is 0.361 e. The molecule has 0 spiro atoms. The number of aromatic amines is 1. The van der Waals surface area contributed by atoms with Crippen LogP contribution in [-0.4, -0.2) is 19.6 Å². The molecule has 6 heteroatoms. The number of hydrogen-bond donors (Lipinski definition) is 2. The first-order chi connectivity index (χ1) is 11.9. The van der Waals surface area contributed by atoms with Crippen LogP contribution in [0.3, 0.4) is 0 Å². The second-order valence-electron chi connectivity index (χ2n) is 5.56. The summed E-state index contributed by atoms with van der Waals surface area (Å²) in [5, 5.41) is 13.1. The van der Waals surface area contributed by atoms with Gasteiger partial charge in [-0.05, 0) is 52.7 Å². The summed E-state index contributed by atoms with van der Waals surface area (Å²) in [6, 6.07) is 12.3. The highest BCUT2D eigenvalue weighted by Gasteiger charge is 2.09. The first kappa shape index (κ1) is 13.3. The van der Waals surface area contributed by atoms with Crippen molar-refractivity contribution in [2.45, 2.75) is 0 Å². The molecule has 0 bridgehead atoms. The Kier molecular flexibility index (Phi) is 2.89. The van der Waals surface area contributed by atoms with Crippen LogP contribution in [0.15, 0.2) is 65.7 Å². The van der Waals surface area contributed by atoms with Gasteiger partial charge in [-0.2, -0.15) is 16.4 Å². The average molecular weight is 331 g/mol. The third-order valence-electron chi connectivity index (χ3n) is 4.03. The molecular formula is C18H13N5S. The normalized spacial score (nSPS) is 11.3. The van der Waals surface area contributed by atoms with E-state index in [1.54, 1.807) is 15.9 Å². The third kappa shape index (κ3) is 2.16. The van der Waals surface area contributed by atoms with E-state index in [2.05, 4.69) is 50.4 Å². The predicted octanol–water partition coefficient (Wildman–Crippen LogP) is 4.68. The molecule has 0 fully saturated rings. The molecule has 0 radical (unpaired) electrons. The number of anilines is 2. The number of rotatable bonds is 3. The number of benzene rings is 1. The molecule has 2 N–H and O–H groups in total. The molecule has 5 rings (SSSR count). The van der Waals surface area contributed by atoms with Gasteiger partial charge in [0.1, 0.15) is 5.82 Å². The highest BCUT2D eigenvalue weighted by molar-refractivity contribution is 7.08. The van der Waals surface area contributed by atoms with Crippen molar-refractivity contribution in [3.8, 4) is 11.1 Å². The van der Waals surface area contributed by atoms with E-state index < -0.39 is 0 Å². The maximum Gasteiger partial charge on any atom is 0.165 e. The molecule has 116 valence electrons. The lowest BCUT2D eigenvalue weighted by molar-refractivity contribution is 0.941. The van der Waals surface area contributed by atoms with E-state index in [4.69, 9.17) is 4.98 Å². The van der Waals surface area contributed by atoms with Gasteiger partial charge in [-0.15, -0.1) is 0 Å². The lowest BCUT2D eigenvalue weighted by atomic mass is 10.2. The standard InChI is InChI=1S/C18H13N5S/c1-2-16-12(3-6-19-16)9-14(1)21-17-4-7-23-18(22-17)15(10-20-23)13-5-8-24-11-13/h1-11,19H,(H,21,22). The first-order valence-electron chi connectivity index (χ1n) is 7.58. The summed E-state index contributed by atoms with van der Waals surface area (Å²) in [4.78, 5) is 7.94. The Labute approximate surface area is 141 Å². The summed E-state index contributed by atoms with van der Waals surface area (Å²) in [6.45, 7) is 0. The summed E-state index contributed by atoms with van der Waals surface area (Å²) < 4.78 is 1.80. The lowest BCUT2D eigenvalue weighted by Crippen LogP contribution is -1.97. The molecule has 5 nitrogen and oxygen atoms in total. The van der Waals surface area contributed by atoms with Gasteiger partial charge in [0.25, 0.3) is 0 Å². The van der Waals surface area contributed by atoms with Crippen LogP contribution in [0.1, 0.15) is 0 Å². The van der Waals surface area contributed by atoms with Crippen molar-refractivity contribution in [2.24, 2.45) is 0 Å². The minimum atomic E-state index is 0.800.